The maximum atomic E-state index is 14.2. The highest BCUT2D eigenvalue weighted by molar-refractivity contribution is 14.1. The molecular formula is C26H18Cl3FINO4S. The van der Waals surface area contributed by atoms with Gasteiger partial charge in [-0.05, 0) is 89.3 Å². The van der Waals surface area contributed by atoms with Crippen LogP contribution in [0.1, 0.15) is 23.6 Å². The number of hydrogen-bond acceptors (Lipinski definition) is 5. The highest BCUT2D eigenvalue weighted by Gasteiger charge is 2.36. The summed E-state index contributed by atoms with van der Waals surface area (Å²) in [6.07, 6.45) is 1.60. The molecule has 37 heavy (non-hydrogen) atoms. The molecule has 0 radical (unpaired) electrons. The first-order chi connectivity index (χ1) is 17.7. The van der Waals surface area contributed by atoms with Gasteiger partial charge in [0, 0.05) is 26.2 Å². The van der Waals surface area contributed by atoms with Gasteiger partial charge in [0.2, 0.25) is 0 Å². The molecule has 1 heterocycles. The van der Waals surface area contributed by atoms with E-state index in [4.69, 9.17) is 44.3 Å². The van der Waals surface area contributed by atoms with Crippen LogP contribution in [0.4, 0.5) is 9.18 Å². The molecule has 0 spiro atoms. The molecule has 1 aliphatic rings. The predicted octanol–water partition coefficient (Wildman–Crippen LogP) is 8.60. The molecule has 192 valence electrons. The number of imide groups is 1. The number of thioether (sulfide) groups is 1. The Bertz CT molecular complexity index is 1400. The van der Waals surface area contributed by atoms with E-state index in [0.29, 0.717) is 33.7 Å². The van der Waals surface area contributed by atoms with Gasteiger partial charge >= 0.3 is 0 Å². The molecule has 0 saturated carbocycles. The zero-order valence-corrected chi connectivity index (χ0v) is 24.4. The SMILES string of the molecule is CCOc1cc(/C=C2\SC(=O)N(Cc3c(F)cccc3Cl)C2=O)cc(I)c1OCc1ccc(Cl)cc1Cl. The standard InChI is InChI=1S/C26H18Cl3FINO4S/c1-2-35-22-9-14(8-21(31)24(22)36-13-15-6-7-16(27)11-19(15)29)10-23-25(33)32(26(34)37-23)12-17-18(28)4-3-5-20(17)30/h3-11H,2,12-13H2,1H3/b23-10-. The molecule has 0 N–H and O–H groups in total. The second-order valence-electron chi connectivity index (χ2n) is 7.76. The minimum absolute atomic E-state index is 0.0863. The van der Waals surface area contributed by atoms with Crippen molar-refractivity contribution in [3.8, 4) is 11.5 Å². The lowest BCUT2D eigenvalue weighted by atomic mass is 10.1. The molecule has 5 nitrogen and oxygen atoms in total. The Morgan fingerprint density at radius 1 is 1.05 bits per heavy atom. The van der Waals surface area contributed by atoms with Crippen LogP contribution >= 0.6 is 69.2 Å². The van der Waals surface area contributed by atoms with E-state index < -0.39 is 17.0 Å². The maximum absolute atomic E-state index is 14.2. The minimum atomic E-state index is -0.582. The fraction of sp³-hybridized carbons (Fsp3) is 0.154. The van der Waals surface area contributed by atoms with Gasteiger partial charge in [-0.1, -0.05) is 46.9 Å². The number of rotatable bonds is 8. The second-order valence-corrected chi connectivity index (χ2v) is 11.2. The van der Waals surface area contributed by atoms with Crippen molar-refractivity contribution in [1.82, 2.24) is 4.90 Å². The van der Waals surface area contributed by atoms with Gasteiger partial charge in [-0.25, -0.2) is 4.39 Å². The molecule has 1 aliphatic heterocycles. The van der Waals surface area contributed by atoms with Crippen LogP contribution < -0.4 is 9.47 Å². The number of carbonyl (C=O) groups excluding carboxylic acids is 2. The first-order valence-corrected chi connectivity index (χ1v) is 13.9. The second kappa shape index (κ2) is 12.3. The normalized spacial score (nSPS) is 14.5. The summed E-state index contributed by atoms with van der Waals surface area (Å²) in [5.41, 5.74) is 1.49. The van der Waals surface area contributed by atoms with Crippen molar-refractivity contribution in [3.63, 3.8) is 0 Å². The van der Waals surface area contributed by atoms with Crippen LogP contribution in [0.2, 0.25) is 15.1 Å². The molecule has 3 aromatic rings. The molecule has 11 heteroatoms. The smallest absolute Gasteiger partial charge is 0.293 e. The summed E-state index contributed by atoms with van der Waals surface area (Å²) >= 11 is 21.2. The summed E-state index contributed by atoms with van der Waals surface area (Å²) in [7, 11) is 0. The van der Waals surface area contributed by atoms with Crippen LogP contribution in [-0.4, -0.2) is 22.7 Å². The largest absolute Gasteiger partial charge is 0.490 e. The fourth-order valence-corrected chi connectivity index (χ4v) is 5.80. The van der Waals surface area contributed by atoms with Crippen molar-refractivity contribution >= 4 is 86.4 Å². The number of halogens is 5. The Kier molecular flexibility index (Phi) is 9.29. The van der Waals surface area contributed by atoms with E-state index in [1.165, 1.54) is 18.2 Å². The Hall–Kier alpha value is -1.98. The van der Waals surface area contributed by atoms with Crippen molar-refractivity contribution in [1.29, 1.82) is 0 Å². The van der Waals surface area contributed by atoms with Crippen molar-refractivity contribution in [2.24, 2.45) is 0 Å². The van der Waals surface area contributed by atoms with Gasteiger partial charge in [0.15, 0.2) is 11.5 Å². The number of hydrogen-bond donors (Lipinski definition) is 0. The molecule has 1 fully saturated rings. The van der Waals surface area contributed by atoms with Crippen LogP contribution in [-0.2, 0) is 17.9 Å². The third kappa shape index (κ3) is 6.54. The molecule has 3 aromatic carbocycles. The first kappa shape index (κ1) is 28.0. The molecule has 0 aliphatic carbocycles. The molecule has 0 atom stereocenters. The monoisotopic (exact) mass is 691 g/mol. The lowest BCUT2D eigenvalue weighted by Gasteiger charge is -2.16. The third-order valence-electron chi connectivity index (χ3n) is 5.27. The molecular weight excluding hydrogens is 675 g/mol. The summed E-state index contributed by atoms with van der Waals surface area (Å²) in [4.78, 5) is 26.7. The zero-order chi connectivity index (χ0) is 26.7. The fourth-order valence-electron chi connectivity index (χ4n) is 3.49. The number of nitrogens with zero attached hydrogens (tertiary/aromatic N) is 1. The summed E-state index contributed by atoms with van der Waals surface area (Å²) in [6.45, 7) is 2.17. The van der Waals surface area contributed by atoms with Crippen molar-refractivity contribution in [2.75, 3.05) is 6.61 Å². The highest BCUT2D eigenvalue weighted by atomic mass is 127. The number of carbonyl (C=O) groups is 2. The van der Waals surface area contributed by atoms with Crippen LogP contribution in [0.25, 0.3) is 6.08 Å². The average molecular weight is 693 g/mol. The number of benzene rings is 3. The van der Waals surface area contributed by atoms with Gasteiger partial charge in [-0.15, -0.1) is 0 Å². The van der Waals surface area contributed by atoms with E-state index in [0.717, 1.165) is 25.8 Å². The Morgan fingerprint density at radius 2 is 1.84 bits per heavy atom. The zero-order valence-electron chi connectivity index (χ0n) is 19.2. The molecule has 0 bridgehead atoms. The van der Waals surface area contributed by atoms with Gasteiger partial charge in [0.25, 0.3) is 11.1 Å². The lowest BCUT2D eigenvalue weighted by molar-refractivity contribution is -0.123. The average Bonchev–Trinajstić information content (AvgIpc) is 3.09. The van der Waals surface area contributed by atoms with Crippen molar-refractivity contribution < 1.29 is 23.5 Å². The number of ether oxygens (including phenoxy) is 2. The quantitative estimate of drug-likeness (QED) is 0.175. The Balaban J connectivity index is 1.58. The van der Waals surface area contributed by atoms with Crippen molar-refractivity contribution in [2.45, 2.75) is 20.1 Å². The van der Waals surface area contributed by atoms with Gasteiger partial charge in [0.05, 0.1) is 21.6 Å². The summed E-state index contributed by atoms with van der Waals surface area (Å²) in [5.74, 6) is -0.113. The summed E-state index contributed by atoms with van der Waals surface area (Å²) < 4.78 is 26.8. The van der Waals surface area contributed by atoms with E-state index in [1.807, 2.05) is 13.0 Å². The van der Waals surface area contributed by atoms with Gasteiger partial charge in [0.1, 0.15) is 12.4 Å². The highest BCUT2D eigenvalue weighted by Crippen LogP contribution is 2.39. The van der Waals surface area contributed by atoms with E-state index in [9.17, 15) is 14.0 Å². The topological polar surface area (TPSA) is 55.8 Å². The molecule has 2 amide bonds. The minimum Gasteiger partial charge on any atom is -0.490 e. The van der Waals surface area contributed by atoms with Gasteiger partial charge in [-0.3, -0.25) is 14.5 Å². The Labute approximate surface area is 246 Å². The van der Waals surface area contributed by atoms with Gasteiger partial charge < -0.3 is 9.47 Å². The molecule has 0 aromatic heterocycles. The van der Waals surface area contributed by atoms with Crippen LogP contribution in [0.5, 0.6) is 11.5 Å². The van der Waals surface area contributed by atoms with Gasteiger partial charge in [-0.2, -0.15) is 0 Å². The lowest BCUT2D eigenvalue weighted by Crippen LogP contribution is -2.28. The maximum Gasteiger partial charge on any atom is 0.293 e. The van der Waals surface area contributed by atoms with Crippen LogP contribution in [0.15, 0.2) is 53.4 Å². The van der Waals surface area contributed by atoms with Crippen molar-refractivity contribution in [3.05, 3.63) is 94.6 Å². The van der Waals surface area contributed by atoms with Crippen LogP contribution in [0, 0.1) is 9.39 Å². The molecule has 4 rings (SSSR count). The number of amides is 2. The molecule has 1 saturated heterocycles. The van der Waals surface area contributed by atoms with E-state index in [2.05, 4.69) is 22.6 Å². The third-order valence-corrected chi connectivity index (χ3v) is 7.92. The molecule has 0 unspecified atom stereocenters. The van der Waals surface area contributed by atoms with E-state index in [1.54, 1.807) is 30.3 Å². The van der Waals surface area contributed by atoms with E-state index >= 15 is 0 Å². The summed E-state index contributed by atoms with van der Waals surface area (Å²) in [6, 6.07) is 12.9. The van der Waals surface area contributed by atoms with Crippen LogP contribution in [0.3, 0.4) is 0 Å². The predicted molar refractivity (Wildman–Crippen MR) is 154 cm³/mol. The Morgan fingerprint density at radius 3 is 2.54 bits per heavy atom. The summed E-state index contributed by atoms with van der Waals surface area (Å²) in [5, 5.41) is 0.665. The van der Waals surface area contributed by atoms with E-state index in [-0.39, 0.29) is 28.6 Å². The first-order valence-electron chi connectivity index (χ1n) is 10.9.